The highest BCUT2D eigenvalue weighted by molar-refractivity contribution is 5.78. The summed E-state index contributed by atoms with van der Waals surface area (Å²) in [7, 11) is 0. The summed E-state index contributed by atoms with van der Waals surface area (Å²) in [5.74, 6) is -0.770. The van der Waals surface area contributed by atoms with Crippen molar-refractivity contribution in [3.05, 3.63) is 29.6 Å². The molecule has 0 radical (unpaired) electrons. The number of guanidine groups is 1. The van der Waals surface area contributed by atoms with E-state index in [4.69, 9.17) is 5.73 Å². The van der Waals surface area contributed by atoms with E-state index in [1.165, 1.54) is 12.1 Å². The minimum atomic E-state index is -3.02. The molecule has 1 aromatic carbocycles. The van der Waals surface area contributed by atoms with Crippen molar-refractivity contribution in [1.29, 1.82) is 0 Å². The highest BCUT2D eigenvalue weighted by atomic mass is 19.3. The Kier molecular flexibility index (Phi) is 6.14. The Balaban J connectivity index is 2.83. The normalized spacial score (nSPS) is 13.4. The lowest BCUT2D eigenvalue weighted by Crippen LogP contribution is -2.38. The maximum absolute atomic E-state index is 13.6. The van der Waals surface area contributed by atoms with Crippen molar-refractivity contribution in [2.45, 2.75) is 39.5 Å². The second-order valence-corrected chi connectivity index (χ2v) is 4.25. The van der Waals surface area contributed by atoms with Crippen molar-refractivity contribution in [2.24, 2.45) is 10.7 Å². The number of nitrogens with one attached hydrogen (secondary N) is 1. The number of halogens is 3. The van der Waals surface area contributed by atoms with Gasteiger partial charge in [0.05, 0.1) is 12.1 Å². The number of rotatable bonds is 6. The first kappa shape index (κ1) is 16.1. The second kappa shape index (κ2) is 7.62. The predicted molar refractivity (Wildman–Crippen MR) is 71.2 cm³/mol. The van der Waals surface area contributed by atoms with E-state index in [0.717, 1.165) is 12.5 Å². The monoisotopic (exact) mass is 289 g/mol. The Morgan fingerprint density at radius 2 is 2.15 bits per heavy atom. The van der Waals surface area contributed by atoms with Crippen LogP contribution < -0.4 is 15.8 Å². The van der Waals surface area contributed by atoms with Crippen LogP contribution in [0, 0.1) is 5.82 Å². The van der Waals surface area contributed by atoms with Crippen LogP contribution in [0.25, 0.3) is 0 Å². The Bertz CT molecular complexity index is 466. The first-order chi connectivity index (χ1) is 9.43. The molecule has 0 amide bonds. The molecule has 0 bridgehead atoms. The molecule has 4 nitrogen and oxygen atoms in total. The molecular weight excluding hydrogens is 271 g/mol. The molecule has 0 spiro atoms. The first-order valence-corrected chi connectivity index (χ1v) is 6.22. The van der Waals surface area contributed by atoms with Crippen molar-refractivity contribution in [1.82, 2.24) is 5.32 Å². The smallest absolute Gasteiger partial charge is 0.387 e. The van der Waals surface area contributed by atoms with Gasteiger partial charge in [0.15, 0.2) is 5.96 Å². The standard InChI is InChI=1S/C13H18F3N3O/c1-3-8(2)19-13(17)18-7-9-10(14)5-4-6-11(9)20-12(15)16/h4-6,8,12H,3,7H2,1-2H3,(H3,17,18,19). The molecule has 0 aliphatic rings. The van der Waals surface area contributed by atoms with Crippen molar-refractivity contribution >= 4 is 5.96 Å². The summed E-state index contributed by atoms with van der Waals surface area (Å²) in [4.78, 5) is 3.93. The molecule has 0 aliphatic heterocycles. The Labute approximate surface area is 115 Å². The zero-order valence-electron chi connectivity index (χ0n) is 11.4. The van der Waals surface area contributed by atoms with Crippen molar-refractivity contribution < 1.29 is 17.9 Å². The van der Waals surface area contributed by atoms with Crippen molar-refractivity contribution in [3.8, 4) is 5.75 Å². The van der Waals surface area contributed by atoms with Gasteiger partial charge in [0.25, 0.3) is 0 Å². The topological polar surface area (TPSA) is 59.6 Å². The molecule has 1 rings (SSSR count). The van der Waals surface area contributed by atoms with Gasteiger partial charge in [-0.25, -0.2) is 9.38 Å². The molecule has 1 atom stereocenters. The van der Waals surface area contributed by atoms with Gasteiger partial charge in [-0.05, 0) is 25.5 Å². The number of alkyl halides is 2. The van der Waals surface area contributed by atoms with E-state index in [1.807, 2.05) is 13.8 Å². The second-order valence-electron chi connectivity index (χ2n) is 4.25. The Morgan fingerprint density at radius 3 is 2.75 bits per heavy atom. The molecule has 0 aromatic heterocycles. The molecule has 7 heteroatoms. The molecule has 0 saturated heterocycles. The van der Waals surface area contributed by atoms with Crippen molar-refractivity contribution in [3.63, 3.8) is 0 Å². The van der Waals surface area contributed by atoms with Gasteiger partial charge < -0.3 is 15.8 Å². The third-order valence-corrected chi connectivity index (χ3v) is 2.71. The average molecular weight is 289 g/mol. The fourth-order valence-electron chi connectivity index (χ4n) is 1.46. The summed E-state index contributed by atoms with van der Waals surface area (Å²) in [5.41, 5.74) is 5.57. The van der Waals surface area contributed by atoms with Crippen LogP contribution in [-0.4, -0.2) is 18.6 Å². The van der Waals surface area contributed by atoms with E-state index in [2.05, 4.69) is 15.0 Å². The number of benzene rings is 1. The fourth-order valence-corrected chi connectivity index (χ4v) is 1.46. The van der Waals surface area contributed by atoms with Crippen LogP contribution in [0.4, 0.5) is 13.2 Å². The van der Waals surface area contributed by atoms with Crippen LogP contribution in [0.5, 0.6) is 5.75 Å². The number of nitrogens with zero attached hydrogens (tertiary/aromatic N) is 1. The summed E-state index contributed by atoms with van der Waals surface area (Å²) < 4.78 is 42.3. The van der Waals surface area contributed by atoms with Crippen molar-refractivity contribution in [2.75, 3.05) is 0 Å². The molecule has 1 aromatic rings. The van der Waals surface area contributed by atoms with Crippen LogP contribution >= 0.6 is 0 Å². The maximum atomic E-state index is 13.6. The lowest BCUT2D eigenvalue weighted by Gasteiger charge is -2.13. The van der Waals surface area contributed by atoms with E-state index in [-0.39, 0.29) is 29.9 Å². The van der Waals surface area contributed by atoms with Crippen LogP contribution in [0.1, 0.15) is 25.8 Å². The van der Waals surface area contributed by atoms with Crippen LogP contribution in [0.2, 0.25) is 0 Å². The summed E-state index contributed by atoms with van der Waals surface area (Å²) in [6.45, 7) is 0.687. The summed E-state index contributed by atoms with van der Waals surface area (Å²) in [6.07, 6.45) is 0.843. The molecule has 0 aliphatic carbocycles. The number of hydrogen-bond acceptors (Lipinski definition) is 2. The zero-order chi connectivity index (χ0) is 15.1. The molecule has 0 fully saturated rings. The lowest BCUT2D eigenvalue weighted by molar-refractivity contribution is -0.0506. The first-order valence-electron chi connectivity index (χ1n) is 6.22. The fraction of sp³-hybridized carbons (Fsp3) is 0.462. The van der Waals surface area contributed by atoms with E-state index in [9.17, 15) is 13.2 Å². The van der Waals surface area contributed by atoms with Gasteiger partial charge in [-0.3, -0.25) is 0 Å². The zero-order valence-corrected chi connectivity index (χ0v) is 11.4. The largest absolute Gasteiger partial charge is 0.434 e. The summed E-state index contributed by atoms with van der Waals surface area (Å²) in [6, 6.07) is 3.83. The van der Waals surface area contributed by atoms with Gasteiger partial charge in [-0.15, -0.1) is 0 Å². The van der Waals surface area contributed by atoms with Gasteiger partial charge in [-0.2, -0.15) is 8.78 Å². The number of nitrogens with two attached hydrogens (primary N) is 1. The van der Waals surface area contributed by atoms with Gasteiger partial charge in [0.1, 0.15) is 11.6 Å². The molecule has 20 heavy (non-hydrogen) atoms. The number of hydrogen-bond donors (Lipinski definition) is 2. The minimum Gasteiger partial charge on any atom is -0.434 e. The number of aliphatic imine (C=N–C) groups is 1. The summed E-state index contributed by atoms with van der Waals surface area (Å²) >= 11 is 0. The van der Waals surface area contributed by atoms with Gasteiger partial charge in [-0.1, -0.05) is 13.0 Å². The SMILES string of the molecule is CCC(C)NC(N)=NCc1c(F)cccc1OC(F)F. The Hall–Kier alpha value is -1.92. The lowest BCUT2D eigenvalue weighted by atomic mass is 10.2. The minimum absolute atomic E-state index is 0.0540. The van der Waals surface area contributed by atoms with Crippen LogP contribution in [0.15, 0.2) is 23.2 Å². The van der Waals surface area contributed by atoms with E-state index >= 15 is 0 Å². The Morgan fingerprint density at radius 1 is 1.45 bits per heavy atom. The molecule has 3 N–H and O–H groups in total. The van der Waals surface area contributed by atoms with Gasteiger partial charge in [0, 0.05) is 6.04 Å². The van der Waals surface area contributed by atoms with Crippen LogP contribution in [0.3, 0.4) is 0 Å². The molecule has 112 valence electrons. The summed E-state index contributed by atoms with van der Waals surface area (Å²) in [5, 5.41) is 2.90. The third-order valence-electron chi connectivity index (χ3n) is 2.71. The van der Waals surface area contributed by atoms with E-state index in [1.54, 1.807) is 0 Å². The van der Waals surface area contributed by atoms with E-state index < -0.39 is 12.4 Å². The highest BCUT2D eigenvalue weighted by Crippen LogP contribution is 2.24. The molecule has 1 unspecified atom stereocenters. The average Bonchev–Trinajstić information content (AvgIpc) is 2.37. The third kappa shape index (κ3) is 4.99. The molecular formula is C13H18F3N3O. The van der Waals surface area contributed by atoms with Gasteiger partial charge in [0.2, 0.25) is 0 Å². The van der Waals surface area contributed by atoms with Gasteiger partial charge >= 0.3 is 6.61 Å². The maximum Gasteiger partial charge on any atom is 0.387 e. The molecule has 0 heterocycles. The van der Waals surface area contributed by atoms with E-state index in [0.29, 0.717) is 0 Å². The quantitative estimate of drug-likeness (QED) is 0.625. The molecule has 0 saturated carbocycles. The predicted octanol–water partition coefficient (Wildman–Crippen LogP) is 2.63. The van der Waals surface area contributed by atoms with Crippen LogP contribution in [-0.2, 0) is 6.54 Å². The highest BCUT2D eigenvalue weighted by Gasteiger charge is 2.13. The number of ether oxygens (including phenoxy) is 1.